The van der Waals surface area contributed by atoms with Gasteiger partial charge < -0.3 is 24.3 Å². The minimum Gasteiger partial charge on any atom is -0.493 e. The van der Waals surface area contributed by atoms with E-state index in [1.807, 2.05) is 0 Å². The van der Waals surface area contributed by atoms with E-state index in [-0.39, 0.29) is 23.9 Å². The maximum Gasteiger partial charge on any atom is 0.273 e. The molecule has 2 aromatic rings. The number of hydrogen-bond donors (Lipinski definition) is 1. The maximum absolute atomic E-state index is 12.3. The van der Waals surface area contributed by atoms with Crippen LogP contribution in [0.25, 0.3) is 0 Å². The minimum absolute atomic E-state index is 0.116. The summed E-state index contributed by atoms with van der Waals surface area (Å²) in [4.78, 5) is 22.7. The molecule has 0 aliphatic heterocycles. The van der Waals surface area contributed by atoms with Crippen molar-refractivity contribution in [3.63, 3.8) is 0 Å². The largest absolute Gasteiger partial charge is 0.493 e. The van der Waals surface area contributed by atoms with E-state index in [9.17, 15) is 14.9 Å². The van der Waals surface area contributed by atoms with E-state index in [2.05, 4.69) is 5.32 Å². The molecule has 0 saturated heterocycles. The van der Waals surface area contributed by atoms with E-state index in [0.29, 0.717) is 17.2 Å². The lowest BCUT2D eigenvalue weighted by Gasteiger charge is -2.17. The van der Waals surface area contributed by atoms with E-state index in [1.165, 1.54) is 32.4 Å². The first-order valence-corrected chi connectivity index (χ1v) is 8.37. The fourth-order valence-corrected chi connectivity index (χ4v) is 2.44. The zero-order chi connectivity index (χ0) is 20.7. The Morgan fingerprint density at radius 2 is 1.61 bits per heavy atom. The predicted octanol–water partition coefficient (Wildman–Crippen LogP) is 2.70. The van der Waals surface area contributed by atoms with Gasteiger partial charge in [-0.25, -0.2) is 0 Å². The third-order valence-corrected chi connectivity index (χ3v) is 3.95. The number of amides is 1. The van der Waals surface area contributed by atoms with Gasteiger partial charge in [0, 0.05) is 12.6 Å². The van der Waals surface area contributed by atoms with Crippen LogP contribution in [0, 0.1) is 10.1 Å². The van der Waals surface area contributed by atoms with Crippen LogP contribution in [0.5, 0.6) is 23.0 Å². The standard InChI is InChI=1S/C19H22N2O7/c1-12(28-18-10-14(21(23)24)6-8-16(18)26-3)19(22)20-11-13-5-7-15(25-2)17(9-13)27-4/h5-10,12H,11H2,1-4H3,(H,20,22)/t12-/m0/s1. The molecule has 0 radical (unpaired) electrons. The van der Waals surface area contributed by atoms with Gasteiger partial charge in [0.2, 0.25) is 0 Å². The van der Waals surface area contributed by atoms with Crippen LogP contribution in [0.2, 0.25) is 0 Å². The monoisotopic (exact) mass is 390 g/mol. The highest BCUT2D eigenvalue weighted by atomic mass is 16.6. The molecule has 28 heavy (non-hydrogen) atoms. The lowest BCUT2D eigenvalue weighted by molar-refractivity contribution is -0.385. The molecular formula is C19H22N2O7. The first kappa shape index (κ1) is 20.8. The Labute approximate surface area is 162 Å². The van der Waals surface area contributed by atoms with Crippen LogP contribution < -0.4 is 24.3 Å². The Hall–Kier alpha value is -3.49. The summed E-state index contributed by atoms with van der Waals surface area (Å²) in [5, 5.41) is 13.7. The van der Waals surface area contributed by atoms with Crippen molar-refractivity contribution in [2.75, 3.05) is 21.3 Å². The average molecular weight is 390 g/mol. The van der Waals surface area contributed by atoms with E-state index < -0.39 is 11.0 Å². The van der Waals surface area contributed by atoms with Gasteiger partial charge in [-0.2, -0.15) is 0 Å². The number of benzene rings is 2. The molecule has 1 amide bonds. The van der Waals surface area contributed by atoms with Gasteiger partial charge in [-0.15, -0.1) is 0 Å². The molecule has 2 rings (SSSR count). The summed E-state index contributed by atoms with van der Waals surface area (Å²) in [6.07, 6.45) is -0.893. The number of nitro benzene ring substituents is 1. The molecular weight excluding hydrogens is 368 g/mol. The number of nitro groups is 1. The van der Waals surface area contributed by atoms with Crippen LogP contribution in [-0.4, -0.2) is 38.3 Å². The summed E-state index contributed by atoms with van der Waals surface area (Å²) in [5.74, 6) is 1.17. The molecule has 0 aromatic heterocycles. The summed E-state index contributed by atoms with van der Waals surface area (Å²) >= 11 is 0. The molecule has 9 heteroatoms. The van der Waals surface area contributed by atoms with Crippen LogP contribution in [0.3, 0.4) is 0 Å². The van der Waals surface area contributed by atoms with Gasteiger partial charge in [-0.1, -0.05) is 6.07 Å². The van der Waals surface area contributed by atoms with Crippen molar-refractivity contribution in [3.8, 4) is 23.0 Å². The Kier molecular flexibility index (Phi) is 7.02. The second kappa shape index (κ2) is 9.45. The SMILES string of the molecule is COc1ccc(CNC(=O)[C@H](C)Oc2cc([N+](=O)[O-])ccc2OC)cc1OC. The molecule has 0 spiro atoms. The Morgan fingerprint density at radius 3 is 2.21 bits per heavy atom. The van der Waals surface area contributed by atoms with Crippen LogP contribution in [0.15, 0.2) is 36.4 Å². The van der Waals surface area contributed by atoms with Gasteiger partial charge in [0.05, 0.1) is 32.3 Å². The summed E-state index contributed by atoms with van der Waals surface area (Å²) < 4.78 is 21.1. The third kappa shape index (κ3) is 5.03. The molecule has 2 aromatic carbocycles. The molecule has 0 aliphatic rings. The smallest absolute Gasteiger partial charge is 0.273 e. The van der Waals surface area contributed by atoms with E-state index in [4.69, 9.17) is 18.9 Å². The van der Waals surface area contributed by atoms with E-state index in [0.717, 1.165) is 5.56 Å². The zero-order valence-corrected chi connectivity index (χ0v) is 16.1. The number of nitrogens with one attached hydrogen (secondary N) is 1. The van der Waals surface area contributed by atoms with Crippen LogP contribution in [-0.2, 0) is 11.3 Å². The number of carbonyl (C=O) groups excluding carboxylic acids is 1. The second-order valence-electron chi connectivity index (χ2n) is 5.76. The first-order valence-electron chi connectivity index (χ1n) is 8.37. The van der Waals surface area contributed by atoms with Gasteiger partial charge in [-0.05, 0) is 30.7 Å². The van der Waals surface area contributed by atoms with Gasteiger partial charge >= 0.3 is 0 Å². The lowest BCUT2D eigenvalue weighted by atomic mass is 10.2. The number of methoxy groups -OCH3 is 3. The molecule has 9 nitrogen and oxygen atoms in total. The van der Waals surface area contributed by atoms with Gasteiger partial charge in [0.1, 0.15) is 0 Å². The van der Waals surface area contributed by atoms with Crippen molar-refractivity contribution in [1.82, 2.24) is 5.32 Å². The van der Waals surface area contributed by atoms with Crippen molar-refractivity contribution in [1.29, 1.82) is 0 Å². The van der Waals surface area contributed by atoms with Gasteiger partial charge in [0.25, 0.3) is 11.6 Å². The fraction of sp³-hybridized carbons (Fsp3) is 0.316. The molecule has 1 N–H and O–H groups in total. The number of ether oxygens (including phenoxy) is 4. The van der Waals surface area contributed by atoms with Crippen molar-refractivity contribution in [3.05, 3.63) is 52.1 Å². The van der Waals surface area contributed by atoms with Crippen LogP contribution >= 0.6 is 0 Å². The van der Waals surface area contributed by atoms with Crippen molar-refractivity contribution in [2.45, 2.75) is 19.6 Å². The van der Waals surface area contributed by atoms with Crippen LogP contribution in [0.1, 0.15) is 12.5 Å². The molecule has 0 unspecified atom stereocenters. The molecule has 0 fully saturated rings. The first-order chi connectivity index (χ1) is 13.4. The van der Waals surface area contributed by atoms with Gasteiger partial charge in [0.15, 0.2) is 29.1 Å². The molecule has 0 aliphatic carbocycles. The molecule has 0 saturated carbocycles. The van der Waals surface area contributed by atoms with E-state index in [1.54, 1.807) is 32.2 Å². The summed E-state index contributed by atoms with van der Waals surface area (Å²) in [6.45, 7) is 1.79. The number of nitrogens with zero attached hydrogens (tertiary/aromatic N) is 1. The number of non-ortho nitro benzene ring substituents is 1. The van der Waals surface area contributed by atoms with Crippen LogP contribution in [0.4, 0.5) is 5.69 Å². The number of rotatable bonds is 9. The highest BCUT2D eigenvalue weighted by Crippen LogP contribution is 2.32. The minimum atomic E-state index is -0.893. The Bertz CT molecular complexity index is 854. The molecule has 0 bridgehead atoms. The quantitative estimate of drug-likeness (QED) is 0.518. The lowest BCUT2D eigenvalue weighted by Crippen LogP contribution is -2.36. The topological polar surface area (TPSA) is 109 Å². The number of hydrogen-bond acceptors (Lipinski definition) is 7. The number of carbonyl (C=O) groups is 1. The van der Waals surface area contributed by atoms with Crippen molar-refractivity contribution < 1.29 is 28.7 Å². The maximum atomic E-state index is 12.3. The average Bonchev–Trinajstić information content (AvgIpc) is 2.71. The second-order valence-corrected chi connectivity index (χ2v) is 5.76. The summed E-state index contributed by atoms with van der Waals surface area (Å²) in [7, 11) is 4.49. The Balaban J connectivity index is 2.03. The molecule has 0 heterocycles. The fourth-order valence-electron chi connectivity index (χ4n) is 2.44. The third-order valence-electron chi connectivity index (χ3n) is 3.95. The molecule has 150 valence electrons. The van der Waals surface area contributed by atoms with Gasteiger partial charge in [-0.3, -0.25) is 14.9 Å². The van der Waals surface area contributed by atoms with Crippen molar-refractivity contribution >= 4 is 11.6 Å². The summed E-state index contributed by atoms with van der Waals surface area (Å²) in [6, 6.07) is 9.24. The van der Waals surface area contributed by atoms with Crippen molar-refractivity contribution in [2.24, 2.45) is 0 Å². The zero-order valence-electron chi connectivity index (χ0n) is 16.1. The Morgan fingerprint density at radius 1 is 1.00 bits per heavy atom. The predicted molar refractivity (Wildman–Crippen MR) is 101 cm³/mol. The summed E-state index contributed by atoms with van der Waals surface area (Å²) in [5.41, 5.74) is 0.653. The molecule has 1 atom stereocenters. The van der Waals surface area contributed by atoms with E-state index >= 15 is 0 Å². The highest BCUT2D eigenvalue weighted by Gasteiger charge is 2.19. The highest BCUT2D eigenvalue weighted by molar-refractivity contribution is 5.80. The normalized spacial score (nSPS) is 11.3.